The van der Waals surface area contributed by atoms with E-state index in [1.54, 1.807) is 4.90 Å². The molecule has 0 aliphatic carbocycles. The third-order valence-corrected chi connectivity index (χ3v) is 6.93. The smallest absolute Gasteiger partial charge is 0.416 e. The fraction of sp³-hybridized carbons (Fsp3) is 0.364. The number of anilines is 1. The Labute approximate surface area is 204 Å². The average molecular weight is 538 g/mol. The fourth-order valence-electron chi connectivity index (χ4n) is 3.93. The summed E-state index contributed by atoms with van der Waals surface area (Å²) in [4.78, 5) is 18.6. The molecule has 5 nitrogen and oxygen atoms in total. The van der Waals surface area contributed by atoms with E-state index >= 15 is 0 Å². The first-order chi connectivity index (χ1) is 16.3. The molecule has 0 spiro atoms. The molecule has 188 valence electrons. The lowest BCUT2D eigenvalue weighted by Gasteiger charge is -2.33. The van der Waals surface area contributed by atoms with Crippen molar-refractivity contribution in [3.63, 3.8) is 0 Å². The molecule has 1 fully saturated rings. The quantitative estimate of drug-likeness (QED) is 0.363. The molecule has 0 unspecified atom stereocenters. The fourth-order valence-corrected chi connectivity index (χ4v) is 5.07. The minimum Gasteiger partial charge on any atom is -0.507 e. The highest BCUT2D eigenvalue weighted by molar-refractivity contribution is 7.22. The average Bonchev–Trinajstić information content (AvgIpc) is 3.16. The van der Waals surface area contributed by atoms with Crippen molar-refractivity contribution in [2.45, 2.75) is 31.7 Å². The minimum absolute atomic E-state index is 0.0273. The number of thiazole rings is 1. The number of rotatable bonds is 4. The number of halogens is 7. The Morgan fingerprint density at radius 1 is 1.14 bits per heavy atom. The number of nitrogens with zero attached hydrogens (tertiary/aromatic N) is 2. The van der Waals surface area contributed by atoms with Gasteiger partial charge in [0.25, 0.3) is 5.91 Å². The highest BCUT2D eigenvalue weighted by Gasteiger charge is 2.41. The lowest BCUT2D eigenvalue weighted by molar-refractivity contribution is -0.185. The Hall–Kier alpha value is -2.57. The Kier molecular flexibility index (Phi) is 6.91. The van der Waals surface area contributed by atoms with Crippen molar-refractivity contribution in [2.24, 2.45) is 5.92 Å². The molecule has 2 aromatic carbocycles. The first kappa shape index (κ1) is 25.5. The first-order valence-corrected chi connectivity index (χ1v) is 11.6. The van der Waals surface area contributed by atoms with Crippen molar-refractivity contribution < 1.29 is 36.2 Å². The van der Waals surface area contributed by atoms with E-state index in [1.165, 1.54) is 18.2 Å². The summed E-state index contributed by atoms with van der Waals surface area (Å²) in [7, 11) is 0. The van der Waals surface area contributed by atoms with Crippen molar-refractivity contribution in [3.05, 3.63) is 52.0 Å². The first-order valence-electron chi connectivity index (χ1n) is 10.4. The Balaban J connectivity index is 1.50. The van der Waals surface area contributed by atoms with Gasteiger partial charge in [0, 0.05) is 17.1 Å². The summed E-state index contributed by atoms with van der Waals surface area (Å²) in [6.45, 7) is 0.436. The number of phenols is 1. The SMILES string of the molecule is O=C(Nc1nc2ccc(C(F)(F)F)cc2s1)c1cc(Cl)cc(CN2CCC(C(F)(F)F)CC2)c1O. The van der Waals surface area contributed by atoms with Gasteiger partial charge in [0.05, 0.1) is 27.3 Å². The van der Waals surface area contributed by atoms with Gasteiger partial charge >= 0.3 is 12.4 Å². The van der Waals surface area contributed by atoms with Gasteiger partial charge in [-0.2, -0.15) is 26.3 Å². The van der Waals surface area contributed by atoms with Crippen molar-refractivity contribution in [1.29, 1.82) is 0 Å². The van der Waals surface area contributed by atoms with Gasteiger partial charge in [-0.05, 0) is 56.3 Å². The summed E-state index contributed by atoms with van der Waals surface area (Å²) in [5.74, 6) is -2.53. The second kappa shape index (κ2) is 9.47. The number of carbonyl (C=O) groups excluding carboxylic acids is 1. The Morgan fingerprint density at radius 2 is 1.83 bits per heavy atom. The number of hydrogen-bond acceptors (Lipinski definition) is 5. The molecule has 0 bridgehead atoms. The third-order valence-electron chi connectivity index (χ3n) is 5.78. The Bertz CT molecular complexity index is 1250. The van der Waals surface area contributed by atoms with E-state index in [0.29, 0.717) is 0 Å². The van der Waals surface area contributed by atoms with Gasteiger partial charge in [-0.1, -0.05) is 22.9 Å². The predicted molar refractivity (Wildman–Crippen MR) is 120 cm³/mol. The third kappa shape index (κ3) is 5.81. The van der Waals surface area contributed by atoms with E-state index in [0.717, 1.165) is 23.5 Å². The van der Waals surface area contributed by atoms with Crippen LogP contribution in [-0.2, 0) is 12.7 Å². The van der Waals surface area contributed by atoms with Gasteiger partial charge in [-0.3, -0.25) is 15.0 Å². The van der Waals surface area contributed by atoms with E-state index in [-0.39, 0.29) is 69.7 Å². The van der Waals surface area contributed by atoms with Crippen LogP contribution in [0.2, 0.25) is 5.02 Å². The zero-order chi connectivity index (χ0) is 25.5. The predicted octanol–water partition coefficient (Wildman–Crippen LogP) is 6.70. The van der Waals surface area contributed by atoms with Crippen LogP contribution in [-0.4, -0.2) is 40.2 Å². The van der Waals surface area contributed by atoms with Crippen molar-refractivity contribution >= 4 is 44.2 Å². The molecule has 1 aliphatic heterocycles. The van der Waals surface area contributed by atoms with Crippen LogP contribution in [0.3, 0.4) is 0 Å². The molecule has 2 N–H and O–H groups in total. The lowest BCUT2D eigenvalue weighted by atomic mass is 9.95. The molecule has 1 saturated heterocycles. The van der Waals surface area contributed by atoms with Gasteiger partial charge in [0.2, 0.25) is 0 Å². The van der Waals surface area contributed by atoms with Crippen LogP contribution in [0.25, 0.3) is 10.2 Å². The number of hydrogen-bond donors (Lipinski definition) is 2. The van der Waals surface area contributed by atoms with Crippen molar-refractivity contribution in [3.8, 4) is 5.75 Å². The van der Waals surface area contributed by atoms with E-state index in [2.05, 4.69) is 10.3 Å². The van der Waals surface area contributed by atoms with Gasteiger partial charge in [-0.15, -0.1) is 0 Å². The molecule has 1 aromatic heterocycles. The van der Waals surface area contributed by atoms with E-state index in [4.69, 9.17) is 11.6 Å². The highest BCUT2D eigenvalue weighted by atomic mass is 35.5. The minimum atomic E-state index is -4.52. The summed E-state index contributed by atoms with van der Waals surface area (Å²) in [5.41, 5.74) is -0.500. The summed E-state index contributed by atoms with van der Waals surface area (Å²) in [5, 5.41) is 13.3. The largest absolute Gasteiger partial charge is 0.507 e. The van der Waals surface area contributed by atoms with Crippen molar-refractivity contribution in [1.82, 2.24) is 9.88 Å². The monoisotopic (exact) mass is 537 g/mol. The number of carbonyl (C=O) groups is 1. The highest BCUT2D eigenvalue weighted by Crippen LogP contribution is 2.37. The second-order valence-corrected chi connectivity index (χ2v) is 9.67. The van der Waals surface area contributed by atoms with Crippen LogP contribution in [0.15, 0.2) is 30.3 Å². The molecule has 4 rings (SSSR count). The van der Waals surface area contributed by atoms with E-state index < -0.39 is 29.7 Å². The summed E-state index contributed by atoms with van der Waals surface area (Å²) < 4.78 is 77.7. The molecular formula is C22H18ClF6N3O2S. The van der Waals surface area contributed by atoms with Gasteiger partial charge < -0.3 is 5.11 Å². The van der Waals surface area contributed by atoms with Gasteiger partial charge in [-0.25, -0.2) is 4.98 Å². The molecule has 1 aliphatic rings. The van der Waals surface area contributed by atoms with Crippen LogP contribution < -0.4 is 5.32 Å². The van der Waals surface area contributed by atoms with Crippen LogP contribution in [0, 0.1) is 5.92 Å². The number of nitrogens with one attached hydrogen (secondary N) is 1. The van der Waals surface area contributed by atoms with Crippen LogP contribution >= 0.6 is 22.9 Å². The summed E-state index contributed by atoms with van der Waals surface area (Å²) >= 11 is 6.95. The van der Waals surface area contributed by atoms with E-state index in [9.17, 15) is 36.2 Å². The zero-order valence-corrected chi connectivity index (χ0v) is 19.4. The number of aromatic hydroxyl groups is 1. The lowest BCUT2D eigenvalue weighted by Crippen LogP contribution is -2.38. The molecule has 1 amide bonds. The number of likely N-dealkylation sites (tertiary alicyclic amines) is 1. The normalized spacial score (nSPS) is 16.1. The van der Waals surface area contributed by atoms with Gasteiger partial charge in [0.1, 0.15) is 5.75 Å². The molecule has 35 heavy (non-hydrogen) atoms. The number of piperidine rings is 1. The number of alkyl halides is 6. The molecular weight excluding hydrogens is 520 g/mol. The molecule has 0 atom stereocenters. The maximum atomic E-state index is 12.9. The van der Waals surface area contributed by atoms with Crippen molar-refractivity contribution in [2.75, 3.05) is 18.4 Å². The van der Waals surface area contributed by atoms with E-state index in [1.807, 2.05) is 0 Å². The summed E-state index contributed by atoms with van der Waals surface area (Å²) in [6.07, 6.45) is -8.89. The number of fused-ring (bicyclic) bond motifs is 1. The molecule has 3 aromatic rings. The number of aromatic nitrogens is 1. The van der Waals surface area contributed by atoms with Crippen LogP contribution in [0.4, 0.5) is 31.5 Å². The standard InChI is InChI=1S/C22H18ClF6N3O2S/c23-14-7-11(10-32-5-3-12(4-6-32)21(24,25)26)18(33)15(9-14)19(34)31-20-30-16-2-1-13(22(27,28)29)8-17(16)35-20/h1-2,7-9,12,33H,3-6,10H2,(H,30,31,34). The molecule has 2 heterocycles. The topological polar surface area (TPSA) is 65.5 Å². The Morgan fingerprint density at radius 3 is 2.46 bits per heavy atom. The summed E-state index contributed by atoms with van der Waals surface area (Å²) in [6, 6.07) is 5.67. The molecule has 0 radical (unpaired) electrons. The second-order valence-electron chi connectivity index (χ2n) is 8.21. The zero-order valence-electron chi connectivity index (χ0n) is 17.8. The van der Waals surface area contributed by atoms with Crippen LogP contribution in [0.5, 0.6) is 5.75 Å². The number of benzene rings is 2. The number of amides is 1. The van der Waals surface area contributed by atoms with Gasteiger partial charge in [0.15, 0.2) is 5.13 Å². The van der Waals surface area contributed by atoms with Crippen LogP contribution in [0.1, 0.15) is 34.3 Å². The molecule has 13 heteroatoms. The molecule has 0 saturated carbocycles. The number of phenolic OH excluding ortho intramolecular Hbond substituents is 1. The maximum Gasteiger partial charge on any atom is 0.416 e. The maximum absolute atomic E-state index is 12.9.